The minimum absolute atomic E-state index is 0.0477. The monoisotopic (exact) mass is 515 g/mol. The van der Waals surface area contributed by atoms with Gasteiger partial charge in [-0.25, -0.2) is 0 Å². The molecule has 33 heavy (non-hydrogen) atoms. The molecule has 9 heteroatoms. The number of phenols is 1. The van der Waals surface area contributed by atoms with Crippen molar-refractivity contribution in [1.29, 1.82) is 0 Å². The van der Waals surface area contributed by atoms with Gasteiger partial charge in [0.25, 0.3) is 0 Å². The molecule has 0 bridgehead atoms. The average Bonchev–Trinajstić information content (AvgIpc) is 3.42. The van der Waals surface area contributed by atoms with Crippen LogP contribution in [0.4, 0.5) is 5.69 Å². The van der Waals surface area contributed by atoms with Crippen molar-refractivity contribution in [3.63, 3.8) is 0 Å². The van der Waals surface area contributed by atoms with Crippen molar-refractivity contribution in [3.05, 3.63) is 99.4 Å². The second kappa shape index (κ2) is 8.88. The molecule has 0 aliphatic carbocycles. The van der Waals surface area contributed by atoms with E-state index in [0.717, 1.165) is 11.3 Å². The van der Waals surface area contributed by atoms with Crippen molar-refractivity contribution in [1.82, 2.24) is 10.3 Å². The molecule has 2 N–H and O–H groups in total. The van der Waals surface area contributed by atoms with Gasteiger partial charge in [0.1, 0.15) is 23.3 Å². The quantitative estimate of drug-likeness (QED) is 0.280. The zero-order chi connectivity index (χ0) is 23.1. The van der Waals surface area contributed by atoms with Crippen LogP contribution < -0.4 is 10.2 Å². The molecule has 0 spiro atoms. The number of aromatic hydroxyl groups is 1. The highest BCUT2D eigenvalue weighted by molar-refractivity contribution is 7.80. The number of halogens is 3. The molecule has 0 radical (unpaired) electrons. The van der Waals surface area contributed by atoms with E-state index in [-0.39, 0.29) is 11.8 Å². The summed E-state index contributed by atoms with van der Waals surface area (Å²) in [6, 6.07) is 18.8. The Hall–Kier alpha value is -2.77. The van der Waals surface area contributed by atoms with Gasteiger partial charge in [-0.3, -0.25) is 4.98 Å². The fourth-order valence-corrected chi connectivity index (χ4v) is 4.71. The number of phenolic OH excluding ortho intramolecular Hbond substituents is 1. The Kier molecular flexibility index (Phi) is 5.93. The number of hydrogen-bond acceptors (Lipinski definition) is 4. The minimum Gasteiger partial charge on any atom is -0.506 e. The molecule has 0 saturated carbocycles. The summed E-state index contributed by atoms with van der Waals surface area (Å²) in [6.45, 7) is 0. The van der Waals surface area contributed by atoms with Crippen molar-refractivity contribution >= 4 is 57.8 Å². The van der Waals surface area contributed by atoms with Gasteiger partial charge in [-0.2, -0.15) is 0 Å². The number of nitrogens with one attached hydrogen (secondary N) is 1. The summed E-state index contributed by atoms with van der Waals surface area (Å²) in [5.41, 5.74) is 2.04. The molecule has 2 aromatic carbocycles. The number of nitrogens with zero attached hydrogens (tertiary/aromatic N) is 2. The lowest BCUT2D eigenvalue weighted by Crippen LogP contribution is -2.29. The molecule has 5 nitrogen and oxygen atoms in total. The number of rotatable bonds is 4. The fourth-order valence-electron chi connectivity index (χ4n) is 3.91. The van der Waals surface area contributed by atoms with Gasteiger partial charge in [-0.1, -0.05) is 40.9 Å². The first-order chi connectivity index (χ1) is 15.9. The highest BCUT2D eigenvalue weighted by Crippen LogP contribution is 2.46. The van der Waals surface area contributed by atoms with Crippen LogP contribution in [0.2, 0.25) is 15.1 Å². The maximum atomic E-state index is 10.6. The van der Waals surface area contributed by atoms with E-state index in [1.807, 2.05) is 36.4 Å². The van der Waals surface area contributed by atoms with Crippen molar-refractivity contribution < 1.29 is 9.52 Å². The van der Waals surface area contributed by atoms with Gasteiger partial charge in [-0.15, -0.1) is 0 Å². The molecule has 4 aromatic rings. The molecule has 3 heterocycles. The van der Waals surface area contributed by atoms with Gasteiger partial charge >= 0.3 is 0 Å². The zero-order valence-electron chi connectivity index (χ0n) is 16.9. The Labute approximate surface area is 210 Å². The summed E-state index contributed by atoms with van der Waals surface area (Å²) in [6.07, 6.45) is 1.72. The third-order valence-corrected chi connectivity index (χ3v) is 6.71. The zero-order valence-corrected chi connectivity index (χ0v) is 20.0. The molecule has 2 unspecified atom stereocenters. The second-order valence-electron chi connectivity index (χ2n) is 7.46. The third kappa shape index (κ3) is 4.15. The lowest BCUT2D eigenvalue weighted by atomic mass is 10.0. The van der Waals surface area contributed by atoms with Crippen LogP contribution in [0, 0.1) is 0 Å². The van der Waals surface area contributed by atoms with Crippen molar-refractivity contribution in [2.45, 2.75) is 12.1 Å². The SMILES string of the molecule is Oc1ccc(Cl)cc1N1C(=S)NC(c2ccccn2)C1c1ccc(-c2ccc(Cl)c(Cl)c2)o1. The van der Waals surface area contributed by atoms with E-state index in [1.54, 1.807) is 35.4 Å². The summed E-state index contributed by atoms with van der Waals surface area (Å²) in [5.74, 6) is 1.29. The van der Waals surface area contributed by atoms with Gasteiger partial charge in [-0.05, 0) is 72.9 Å². The number of hydrogen-bond donors (Lipinski definition) is 2. The summed E-state index contributed by atoms with van der Waals surface area (Å²) >= 11 is 24.2. The van der Waals surface area contributed by atoms with E-state index < -0.39 is 6.04 Å². The number of anilines is 1. The highest BCUT2D eigenvalue weighted by Gasteiger charge is 2.43. The third-order valence-electron chi connectivity index (χ3n) is 5.42. The van der Waals surface area contributed by atoms with E-state index in [9.17, 15) is 5.11 Å². The predicted octanol–water partition coefficient (Wildman–Crippen LogP) is 7.18. The van der Waals surface area contributed by atoms with Crippen LogP contribution in [-0.2, 0) is 0 Å². The van der Waals surface area contributed by atoms with Crippen molar-refractivity contribution in [2.24, 2.45) is 0 Å². The van der Waals surface area contributed by atoms with Crippen LogP contribution in [0.1, 0.15) is 23.5 Å². The first-order valence-corrected chi connectivity index (χ1v) is 11.5. The van der Waals surface area contributed by atoms with E-state index in [1.165, 1.54) is 6.07 Å². The molecule has 1 aliphatic rings. The van der Waals surface area contributed by atoms with E-state index in [0.29, 0.717) is 37.4 Å². The molecule has 0 amide bonds. The fraction of sp³-hybridized carbons (Fsp3) is 0.0833. The normalized spacial score (nSPS) is 17.9. The molecule has 5 rings (SSSR count). The number of benzene rings is 2. The smallest absolute Gasteiger partial charge is 0.174 e. The summed E-state index contributed by atoms with van der Waals surface area (Å²) in [4.78, 5) is 6.31. The van der Waals surface area contributed by atoms with E-state index >= 15 is 0 Å². The minimum atomic E-state index is -0.437. The Morgan fingerprint density at radius 3 is 2.58 bits per heavy atom. The van der Waals surface area contributed by atoms with Gasteiger partial charge in [0.05, 0.1) is 27.5 Å². The number of thiocarbonyl (C=S) groups is 1. The molecule has 2 atom stereocenters. The Bertz CT molecular complexity index is 1350. The molecule has 1 saturated heterocycles. The van der Waals surface area contributed by atoms with Crippen LogP contribution >= 0.6 is 47.0 Å². The molecule has 166 valence electrons. The van der Waals surface area contributed by atoms with Crippen LogP contribution in [0.3, 0.4) is 0 Å². The van der Waals surface area contributed by atoms with Gasteiger partial charge in [0.15, 0.2) is 5.11 Å². The topological polar surface area (TPSA) is 61.5 Å². The first kappa shape index (κ1) is 22.0. The summed E-state index contributed by atoms with van der Waals surface area (Å²) in [7, 11) is 0. The van der Waals surface area contributed by atoms with Crippen molar-refractivity contribution in [2.75, 3.05) is 4.90 Å². The number of furan rings is 1. The van der Waals surface area contributed by atoms with Gasteiger partial charge in [0.2, 0.25) is 0 Å². The summed E-state index contributed by atoms with van der Waals surface area (Å²) < 4.78 is 6.28. The number of aromatic nitrogens is 1. The van der Waals surface area contributed by atoms with Gasteiger partial charge < -0.3 is 19.7 Å². The maximum Gasteiger partial charge on any atom is 0.174 e. The molecule has 1 fully saturated rings. The van der Waals surface area contributed by atoms with Crippen molar-refractivity contribution in [3.8, 4) is 17.1 Å². The molecular formula is C24H16Cl3N3O2S. The second-order valence-corrected chi connectivity index (χ2v) is 9.10. The lowest BCUT2D eigenvalue weighted by Gasteiger charge is -2.26. The standard InChI is InChI=1S/C24H16Cl3N3O2S/c25-14-5-7-19(31)18(12-14)30-23(22(29-24(30)33)17-3-1-2-10-28-17)21-9-8-20(32-21)13-4-6-15(26)16(27)11-13/h1-12,22-23,31H,(H,29,33). The van der Waals surface area contributed by atoms with E-state index in [4.69, 9.17) is 51.4 Å². The average molecular weight is 517 g/mol. The van der Waals surface area contributed by atoms with Crippen LogP contribution in [-0.4, -0.2) is 15.2 Å². The van der Waals surface area contributed by atoms with Crippen LogP contribution in [0.15, 0.2) is 77.3 Å². The summed E-state index contributed by atoms with van der Waals surface area (Å²) in [5, 5.41) is 15.7. The van der Waals surface area contributed by atoms with Crippen LogP contribution in [0.5, 0.6) is 5.75 Å². The number of pyridine rings is 1. The Morgan fingerprint density at radius 2 is 1.82 bits per heavy atom. The van der Waals surface area contributed by atoms with Crippen LogP contribution in [0.25, 0.3) is 11.3 Å². The molecule has 2 aromatic heterocycles. The Morgan fingerprint density at radius 1 is 0.970 bits per heavy atom. The van der Waals surface area contributed by atoms with Gasteiger partial charge in [0, 0.05) is 16.8 Å². The molecule has 1 aliphatic heterocycles. The largest absolute Gasteiger partial charge is 0.506 e. The van der Waals surface area contributed by atoms with E-state index in [2.05, 4.69) is 10.3 Å². The molecular weight excluding hydrogens is 501 g/mol. The first-order valence-electron chi connectivity index (χ1n) is 9.96. The highest BCUT2D eigenvalue weighted by atomic mass is 35.5. The maximum absolute atomic E-state index is 10.6. The lowest BCUT2D eigenvalue weighted by molar-refractivity contribution is 0.434. The Balaban J connectivity index is 1.62. The predicted molar refractivity (Wildman–Crippen MR) is 135 cm³/mol.